The molecule has 0 spiro atoms. The van der Waals surface area contributed by atoms with Gasteiger partial charge in [-0.2, -0.15) is 0 Å². The number of benzene rings is 1. The SMILES string of the molecule is O=C(Nc1nc(C2CCC2)cs1)NC1CCN(c2ccccc2)C1. The highest BCUT2D eigenvalue weighted by Crippen LogP contribution is 2.37. The third-order valence-corrected chi connectivity index (χ3v) is 5.69. The molecule has 4 rings (SSSR count). The van der Waals surface area contributed by atoms with Crippen molar-refractivity contribution in [1.82, 2.24) is 10.3 Å². The number of urea groups is 1. The number of nitrogens with zero attached hydrogens (tertiary/aromatic N) is 2. The molecule has 2 aliphatic rings. The van der Waals surface area contributed by atoms with Crippen molar-refractivity contribution in [3.05, 3.63) is 41.4 Å². The van der Waals surface area contributed by atoms with E-state index in [9.17, 15) is 4.79 Å². The van der Waals surface area contributed by atoms with E-state index in [0.717, 1.165) is 25.2 Å². The van der Waals surface area contributed by atoms with Gasteiger partial charge in [0.25, 0.3) is 0 Å². The fourth-order valence-electron chi connectivity index (χ4n) is 3.31. The molecule has 1 unspecified atom stereocenters. The van der Waals surface area contributed by atoms with Gasteiger partial charge in [0.2, 0.25) is 0 Å². The maximum atomic E-state index is 12.2. The number of anilines is 2. The Balaban J connectivity index is 1.28. The fraction of sp³-hybridized carbons (Fsp3) is 0.444. The Bertz CT molecular complexity index is 698. The Hall–Kier alpha value is -2.08. The highest BCUT2D eigenvalue weighted by atomic mass is 32.1. The van der Waals surface area contributed by atoms with Crippen LogP contribution in [-0.4, -0.2) is 30.1 Å². The molecule has 2 aromatic rings. The zero-order chi connectivity index (χ0) is 16.4. The van der Waals surface area contributed by atoms with Crippen molar-refractivity contribution in [2.75, 3.05) is 23.3 Å². The number of carbonyl (C=O) groups excluding carboxylic acids is 1. The van der Waals surface area contributed by atoms with E-state index in [-0.39, 0.29) is 12.1 Å². The van der Waals surface area contributed by atoms with Crippen molar-refractivity contribution >= 4 is 28.2 Å². The summed E-state index contributed by atoms with van der Waals surface area (Å²) in [6, 6.07) is 10.4. The molecule has 2 fully saturated rings. The topological polar surface area (TPSA) is 57.3 Å². The number of hydrogen-bond donors (Lipinski definition) is 2. The predicted octanol–water partition coefficient (Wildman–Crippen LogP) is 3.81. The molecular formula is C18H22N4OS. The minimum Gasteiger partial charge on any atom is -0.369 e. The lowest BCUT2D eigenvalue weighted by Crippen LogP contribution is -2.39. The van der Waals surface area contributed by atoms with Crippen molar-refractivity contribution < 1.29 is 4.79 Å². The first-order chi connectivity index (χ1) is 11.8. The van der Waals surface area contributed by atoms with Crippen LogP contribution in [0.2, 0.25) is 0 Å². The number of aromatic nitrogens is 1. The summed E-state index contributed by atoms with van der Waals surface area (Å²) in [6.07, 6.45) is 4.72. The average Bonchev–Trinajstić information content (AvgIpc) is 3.16. The Morgan fingerprint density at radius 1 is 1.21 bits per heavy atom. The van der Waals surface area contributed by atoms with Gasteiger partial charge in [0, 0.05) is 36.1 Å². The van der Waals surface area contributed by atoms with Crippen molar-refractivity contribution in [2.45, 2.75) is 37.6 Å². The van der Waals surface area contributed by atoms with Crippen LogP contribution in [0.3, 0.4) is 0 Å². The molecule has 1 saturated carbocycles. The second-order valence-corrected chi connectivity index (χ2v) is 7.43. The minimum absolute atomic E-state index is 0.149. The molecule has 0 bridgehead atoms. The molecule has 1 saturated heterocycles. The Morgan fingerprint density at radius 2 is 2.04 bits per heavy atom. The fourth-order valence-corrected chi connectivity index (χ4v) is 4.09. The van der Waals surface area contributed by atoms with Crippen LogP contribution >= 0.6 is 11.3 Å². The van der Waals surface area contributed by atoms with Gasteiger partial charge in [0.15, 0.2) is 5.13 Å². The number of para-hydroxylation sites is 1. The summed E-state index contributed by atoms with van der Waals surface area (Å²) in [5, 5.41) is 8.73. The van der Waals surface area contributed by atoms with Gasteiger partial charge in [0.1, 0.15) is 0 Å². The van der Waals surface area contributed by atoms with E-state index in [0.29, 0.717) is 11.0 Å². The lowest BCUT2D eigenvalue weighted by molar-refractivity contribution is 0.249. The largest absolute Gasteiger partial charge is 0.369 e. The van der Waals surface area contributed by atoms with E-state index >= 15 is 0 Å². The molecule has 1 aromatic heterocycles. The standard InChI is InChI=1S/C18H22N4OS/c23-17(21-18-20-16(12-24-18)13-5-4-6-13)19-14-9-10-22(11-14)15-7-2-1-3-8-15/h1-3,7-8,12-14H,4-6,9-11H2,(H2,19,20,21,23). The normalized spacial score (nSPS) is 20.7. The van der Waals surface area contributed by atoms with E-state index in [1.807, 2.05) is 18.2 Å². The van der Waals surface area contributed by atoms with E-state index in [1.165, 1.54) is 36.3 Å². The van der Waals surface area contributed by atoms with Crippen LogP contribution in [0.4, 0.5) is 15.6 Å². The summed E-state index contributed by atoms with van der Waals surface area (Å²) in [7, 11) is 0. The monoisotopic (exact) mass is 342 g/mol. The molecule has 0 radical (unpaired) electrons. The summed E-state index contributed by atoms with van der Waals surface area (Å²) in [5.41, 5.74) is 2.35. The summed E-state index contributed by atoms with van der Waals surface area (Å²) < 4.78 is 0. The first-order valence-electron chi connectivity index (χ1n) is 8.61. The average molecular weight is 342 g/mol. The first-order valence-corrected chi connectivity index (χ1v) is 9.49. The van der Waals surface area contributed by atoms with Gasteiger partial charge in [-0.1, -0.05) is 24.6 Å². The minimum atomic E-state index is -0.149. The molecule has 1 aliphatic carbocycles. The summed E-state index contributed by atoms with van der Waals surface area (Å²) in [6.45, 7) is 1.82. The molecule has 1 aromatic carbocycles. The van der Waals surface area contributed by atoms with Gasteiger partial charge >= 0.3 is 6.03 Å². The predicted molar refractivity (Wildman–Crippen MR) is 97.9 cm³/mol. The third-order valence-electron chi connectivity index (χ3n) is 4.91. The summed E-state index contributed by atoms with van der Waals surface area (Å²) >= 11 is 1.52. The van der Waals surface area contributed by atoms with Crippen LogP contribution in [0.5, 0.6) is 0 Å². The number of thiazole rings is 1. The Morgan fingerprint density at radius 3 is 2.79 bits per heavy atom. The van der Waals surface area contributed by atoms with E-state index in [1.54, 1.807) is 0 Å². The molecule has 2 heterocycles. The van der Waals surface area contributed by atoms with Crippen LogP contribution in [0, 0.1) is 0 Å². The van der Waals surface area contributed by atoms with Crippen molar-refractivity contribution in [1.29, 1.82) is 0 Å². The second kappa shape index (κ2) is 6.81. The number of rotatable bonds is 4. The van der Waals surface area contributed by atoms with Crippen LogP contribution in [0.25, 0.3) is 0 Å². The van der Waals surface area contributed by atoms with Crippen molar-refractivity contribution in [3.8, 4) is 0 Å². The van der Waals surface area contributed by atoms with Gasteiger partial charge in [-0.25, -0.2) is 9.78 Å². The smallest absolute Gasteiger partial charge is 0.321 e. The molecule has 1 aliphatic heterocycles. The van der Waals surface area contributed by atoms with E-state index in [4.69, 9.17) is 0 Å². The molecule has 6 heteroatoms. The lowest BCUT2D eigenvalue weighted by Gasteiger charge is -2.22. The Kier molecular flexibility index (Phi) is 4.38. The molecule has 1 atom stereocenters. The zero-order valence-corrected chi connectivity index (χ0v) is 14.4. The Labute approximate surface area is 146 Å². The van der Waals surface area contributed by atoms with Gasteiger partial charge in [-0.05, 0) is 31.4 Å². The van der Waals surface area contributed by atoms with Crippen molar-refractivity contribution in [2.24, 2.45) is 0 Å². The number of hydrogen-bond acceptors (Lipinski definition) is 4. The molecule has 5 nitrogen and oxygen atoms in total. The third kappa shape index (κ3) is 3.38. The maximum absolute atomic E-state index is 12.2. The molecule has 2 amide bonds. The molecule has 2 N–H and O–H groups in total. The van der Waals surface area contributed by atoms with Crippen molar-refractivity contribution in [3.63, 3.8) is 0 Å². The quantitative estimate of drug-likeness (QED) is 0.888. The van der Waals surface area contributed by atoms with Crippen LogP contribution in [-0.2, 0) is 0 Å². The van der Waals surface area contributed by atoms with E-state index in [2.05, 4.69) is 38.0 Å². The second-order valence-electron chi connectivity index (χ2n) is 6.57. The van der Waals surface area contributed by atoms with Crippen LogP contribution in [0.1, 0.15) is 37.3 Å². The van der Waals surface area contributed by atoms with Gasteiger partial charge in [-0.15, -0.1) is 11.3 Å². The maximum Gasteiger partial charge on any atom is 0.321 e. The van der Waals surface area contributed by atoms with Crippen LogP contribution < -0.4 is 15.5 Å². The van der Waals surface area contributed by atoms with Crippen LogP contribution in [0.15, 0.2) is 35.7 Å². The van der Waals surface area contributed by atoms with Gasteiger partial charge < -0.3 is 10.2 Å². The first kappa shape index (κ1) is 15.4. The number of carbonyl (C=O) groups is 1. The highest BCUT2D eigenvalue weighted by Gasteiger charge is 2.25. The lowest BCUT2D eigenvalue weighted by atomic mass is 9.83. The highest BCUT2D eigenvalue weighted by molar-refractivity contribution is 7.13. The van der Waals surface area contributed by atoms with E-state index < -0.39 is 0 Å². The van der Waals surface area contributed by atoms with Gasteiger partial charge in [0.05, 0.1) is 5.69 Å². The van der Waals surface area contributed by atoms with Gasteiger partial charge in [-0.3, -0.25) is 5.32 Å². The number of amides is 2. The molecule has 24 heavy (non-hydrogen) atoms. The zero-order valence-electron chi connectivity index (χ0n) is 13.6. The number of nitrogens with one attached hydrogen (secondary N) is 2. The summed E-state index contributed by atoms with van der Waals surface area (Å²) in [5.74, 6) is 0.606. The molecule has 126 valence electrons. The summed E-state index contributed by atoms with van der Waals surface area (Å²) in [4.78, 5) is 19.1. The molecular weight excluding hydrogens is 320 g/mol.